The number of fused-ring (bicyclic) bond motifs is 6. The number of rotatable bonds is 5. The molecule has 0 saturated carbocycles. The van der Waals surface area contributed by atoms with E-state index in [4.69, 9.17) is 6.57 Å². The van der Waals surface area contributed by atoms with E-state index < -0.39 is 11.7 Å². The number of para-hydroxylation sites is 2. The largest absolute Gasteiger partial charge is 0.418 e. The normalized spacial score (nSPS) is 11.5. The van der Waals surface area contributed by atoms with Gasteiger partial charge in [0.1, 0.15) is 0 Å². The van der Waals surface area contributed by atoms with Crippen LogP contribution < -0.4 is 0 Å². The summed E-state index contributed by atoms with van der Waals surface area (Å²) in [7, 11) is 0. The van der Waals surface area contributed by atoms with Crippen LogP contribution in [0.2, 0.25) is 0 Å². The standard InChI is InChI=1S/C52H28F3N5/c1-58-39-21-17-35(18-22-39)37-20-23-42-40-9-2-4-11-46(40)59(48(42)26-37)50-29-45(52(53,54)55)51(28-44(50)38-8-6-7-33(25-38)31-57)60-47-12-5-3-10-41(47)43-24-19-36(27-49(43)60)34-15-13-32(30-56)14-16-34/h2-29H. The molecule has 0 aliphatic heterocycles. The van der Waals surface area contributed by atoms with Crippen LogP contribution in [-0.4, -0.2) is 9.13 Å². The van der Waals surface area contributed by atoms with E-state index in [-0.39, 0.29) is 5.69 Å². The predicted octanol–water partition coefficient (Wildman–Crippen LogP) is 14.2. The summed E-state index contributed by atoms with van der Waals surface area (Å²) in [5.41, 5.74) is 7.77. The Kier molecular flexibility index (Phi) is 8.35. The van der Waals surface area contributed by atoms with Gasteiger partial charge in [-0.1, -0.05) is 109 Å². The maximum Gasteiger partial charge on any atom is 0.418 e. The molecular formula is C52H28F3N5. The van der Waals surface area contributed by atoms with E-state index in [1.54, 1.807) is 53.1 Å². The van der Waals surface area contributed by atoms with Gasteiger partial charge in [-0.3, -0.25) is 0 Å². The third-order valence-electron chi connectivity index (χ3n) is 11.2. The van der Waals surface area contributed by atoms with E-state index in [0.717, 1.165) is 49.3 Å². The van der Waals surface area contributed by atoms with Crippen molar-refractivity contribution >= 4 is 49.3 Å². The molecule has 0 radical (unpaired) electrons. The van der Waals surface area contributed by atoms with Gasteiger partial charge in [0.05, 0.1) is 68.8 Å². The molecule has 5 nitrogen and oxygen atoms in total. The molecule has 0 aliphatic carbocycles. The van der Waals surface area contributed by atoms with Crippen LogP contribution in [0.1, 0.15) is 16.7 Å². The zero-order valence-corrected chi connectivity index (χ0v) is 31.5. The Morgan fingerprint density at radius 2 is 0.967 bits per heavy atom. The molecule has 0 fully saturated rings. The smallest absolute Gasteiger partial charge is 0.309 e. The van der Waals surface area contributed by atoms with Gasteiger partial charge < -0.3 is 9.13 Å². The quantitative estimate of drug-likeness (QED) is 0.163. The Morgan fingerprint density at radius 1 is 0.450 bits per heavy atom. The number of nitriles is 2. The van der Waals surface area contributed by atoms with Crippen molar-refractivity contribution in [3.8, 4) is 56.9 Å². The zero-order chi connectivity index (χ0) is 41.1. The number of benzene rings is 8. The third-order valence-corrected chi connectivity index (χ3v) is 11.2. The highest BCUT2D eigenvalue weighted by Crippen LogP contribution is 2.46. The molecule has 0 aliphatic rings. The maximum atomic E-state index is 16.0. The summed E-state index contributed by atoms with van der Waals surface area (Å²) in [4.78, 5) is 3.52. The number of nitrogens with zero attached hydrogens (tertiary/aromatic N) is 5. The van der Waals surface area contributed by atoms with Crippen LogP contribution in [0.15, 0.2) is 170 Å². The third kappa shape index (κ3) is 5.85. The molecule has 10 aromatic rings. The van der Waals surface area contributed by atoms with Gasteiger partial charge in [-0.25, -0.2) is 4.85 Å². The average molecular weight is 780 g/mol. The van der Waals surface area contributed by atoms with Gasteiger partial charge >= 0.3 is 6.18 Å². The zero-order valence-electron chi connectivity index (χ0n) is 31.5. The molecule has 0 saturated heterocycles. The Labute approximate surface area is 342 Å². The summed E-state index contributed by atoms with van der Waals surface area (Å²) >= 11 is 0. The predicted molar refractivity (Wildman–Crippen MR) is 232 cm³/mol. The average Bonchev–Trinajstić information content (AvgIpc) is 3.80. The number of hydrogen-bond donors (Lipinski definition) is 0. The van der Waals surface area contributed by atoms with E-state index >= 15 is 13.2 Å². The van der Waals surface area contributed by atoms with Crippen LogP contribution in [0.3, 0.4) is 0 Å². The van der Waals surface area contributed by atoms with Crippen molar-refractivity contribution in [1.82, 2.24) is 9.13 Å². The minimum Gasteiger partial charge on any atom is -0.309 e. The highest BCUT2D eigenvalue weighted by atomic mass is 19.4. The summed E-state index contributed by atoms with van der Waals surface area (Å²) in [5.74, 6) is 0. The first-order valence-electron chi connectivity index (χ1n) is 19.1. The van der Waals surface area contributed by atoms with Crippen molar-refractivity contribution in [1.29, 1.82) is 10.5 Å². The van der Waals surface area contributed by atoms with Gasteiger partial charge in [0.15, 0.2) is 5.69 Å². The lowest BCUT2D eigenvalue weighted by Crippen LogP contribution is -2.13. The molecule has 60 heavy (non-hydrogen) atoms. The van der Waals surface area contributed by atoms with Crippen LogP contribution in [0.5, 0.6) is 0 Å². The van der Waals surface area contributed by atoms with E-state index in [9.17, 15) is 10.5 Å². The second-order valence-corrected chi connectivity index (χ2v) is 14.6. The Morgan fingerprint density at radius 3 is 1.52 bits per heavy atom. The Hall–Kier alpha value is -8.38. The number of halogens is 3. The van der Waals surface area contributed by atoms with Gasteiger partial charge in [0, 0.05) is 27.1 Å². The summed E-state index contributed by atoms with van der Waals surface area (Å²) < 4.78 is 51.6. The van der Waals surface area contributed by atoms with Crippen LogP contribution in [0.4, 0.5) is 18.9 Å². The monoisotopic (exact) mass is 779 g/mol. The fourth-order valence-corrected chi connectivity index (χ4v) is 8.45. The van der Waals surface area contributed by atoms with Crippen molar-refractivity contribution < 1.29 is 13.2 Å². The molecule has 0 bridgehead atoms. The second-order valence-electron chi connectivity index (χ2n) is 14.6. The van der Waals surface area contributed by atoms with Gasteiger partial charge in [-0.2, -0.15) is 23.7 Å². The van der Waals surface area contributed by atoms with Crippen molar-refractivity contribution in [2.75, 3.05) is 0 Å². The minimum absolute atomic E-state index is 0.0619. The first-order chi connectivity index (χ1) is 29.2. The van der Waals surface area contributed by atoms with Crippen LogP contribution in [0.25, 0.3) is 93.2 Å². The Bertz CT molecular complexity index is 3500. The second kappa shape index (κ2) is 13.9. The van der Waals surface area contributed by atoms with Gasteiger partial charge in [-0.05, 0) is 88.5 Å². The number of aromatic nitrogens is 2. The molecular weight excluding hydrogens is 752 g/mol. The number of alkyl halides is 3. The van der Waals surface area contributed by atoms with E-state index in [2.05, 4.69) is 17.0 Å². The van der Waals surface area contributed by atoms with Gasteiger partial charge in [0.2, 0.25) is 0 Å². The first-order valence-corrected chi connectivity index (χ1v) is 19.1. The van der Waals surface area contributed by atoms with Crippen molar-refractivity contribution in [2.24, 2.45) is 0 Å². The molecule has 0 unspecified atom stereocenters. The summed E-state index contributed by atoms with van der Waals surface area (Å²) in [6, 6.07) is 55.4. The Balaban J connectivity index is 1.32. The molecule has 2 heterocycles. The van der Waals surface area contributed by atoms with Crippen LogP contribution >= 0.6 is 0 Å². The molecule has 0 spiro atoms. The van der Waals surface area contributed by atoms with Crippen molar-refractivity contribution in [3.63, 3.8) is 0 Å². The SMILES string of the molecule is [C-]#[N+]c1ccc(-c2ccc3c4ccccc4n(-c4cc(C(F)(F)F)c(-n5c6ccccc6c6ccc(-c7ccc(C#N)cc7)cc65)cc4-c4cccc(C#N)c4)c3c2)cc1. The highest BCUT2D eigenvalue weighted by Gasteiger charge is 2.37. The lowest BCUT2D eigenvalue weighted by Gasteiger charge is -2.22. The van der Waals surface area contributed by atoms with E-state index in [0.29, 0.717) is 50.2 Å². The first kappa shape index (κ1) is 36.0. The van der Waals surface area contributed by atoms with E-state index in [1.807, 2.05) is 120 Å². The van der Waals surface area contributed by atoms with Gasteiger partial charge in [-0.15, -0.1) is 0 Å². The lowest BCUT2D eigenvalue weighted by atomic mass is 9.97. The van der Waals surface area contributed by atoms with Crippen LogP contribution in [0, 0.1) is 29.2 Å². The fraction of sp³-hybridized carbons (Fsp3) is 0.0192. The fourth-order valence-electron chi connectivity index (χ4n) is 8.45. The van der Waals surface area contributed by atoms with Crippen molar-refractivity contribution in [2.45, 2.75) is 6.18 Å². The van der Waals surface area contributed by atoms with Crippen LogP contribution in [-0.2, 0) is 6.18 Å². The molecule has 0 atom stereocenters. The lowest BCUT2D eigenvalue weighted by molar-refractivity contribution is -0.137. The topological polar surface area (TPSA) is 61.8 Å². The molecule has 8 heteroatoms. The summed E-state index contributed by atoms with van der Waals surface area (Å²) in [5, 5.41) is 22.7. The molecule has 0 N–H and O–H groups in total. The summed E-state index contributed by atoms with van der Waals surface area (Å²) in [6.07, 6.45) is -4.80. The molecule has 2 aromatic heterocycles. The van der Waals surface area contributed by atoms with Crippen molar-refractivity contribution in [3.05, 3.63) is 198 Å². The molecule has 0 amide bonds. The maximum absolute atomic E-state index is 16.0. The molecule has 282 valence electrons. The van der Waals surface area contributed by atoms with Gasteiger partial charge in [0.25, 0.3) is 0 Å². The minimum atomic E-state index is -4.80. The number of hydrogen-bond acceptors (Lipinski definition) is 2. The van der Waals surface area contributed by atoms with E-state index in [1.165, 1.54) is 6.07 Å². The highest BCUT2D eigenvalue weighted by molar-refractivity contribution is 6.12. The summed E-state index contributed by atoms with van der Waals surface area (Å²) in [6.45, 7) is 7.40. The molecule has 10 rings (SSSR count). The molecule has 8 aromatic carbocycles.